The highest BCUT2D eigenvalue weighted by molar-refractivity contribution is 5.70. The normalized spacial score (nSPS) is 37.6. The first-order chi connectivity index (χ1) is 8.65. The van der Waals surface area contributed by atoms with Crippen molar-refractivity contribution in [3.63, 3.8) is 0 Å². The van der Waals surface area contributed by atoms with Crippen molar-refractivity contribution in [3.8, 4) is 0 Å². The second kappa shape index (κ2) is 6.16. The van der Waals surface area contributed by atoms with E-state index in [4.69, 9.17) is 9.47 Å². The molecule has 4 heteroatoms. The Labute approximate surface area is 107 Å². The molecule has 2 heterocycles. The van der Waals surface area contributed by atoms with Gasteiger partial charge in [-0.1, -0.05) is 24.3 Å². The van der Waals surface area contributed by atoms with Crippen molar-refractivity contribution in [2.75, 3.05) is 0 Å². The number of esters is 1. The number of hydrogen-bond donors (Lipinski definition) is 1. The highest BCUT2D eigenvalue weighted by atomic mass is 16.5. The first-order valence-electron chi connectivity index (χ1n) is 6.53. The first kappa shape index (κ1) is 13.3. The van der Waals surface area contributed by atoms with E-state index in [9.17, 15) is 9.90 Å². The van der Waals surface area contributed by atoms with E-state index in [1.807, 2.05) is 19.1 Å². The quantitative estimate of drug-likeness (QED) is 0.527. The lowest BCUT2D eigenvalue weighted by atomic mass is 10.0. The van der Waals surface area contributed by atoms with Gasteiger partial charge < -0.3 is 14.6 Å². The molecule has 18 heavy (non-hydrogen) atoms. The van der Waals surface area contributed by atoms with Gasteiger partial charge in [0.05, 0.1) is 30.8 Å². The summed E-state index contributed by atoms with van der Waals surface area (Å²) in [4.78, 5) is 11.7. The molecular formula is C14H20O4. The average Bonchev–Trinajstić information content (AvgIpc) is 2.31. The van der Waals surface area contributed by atoms with Gasteiger partial charge in [0.25, 0.3) is 0 Å². The molecule has 0 aromatic rings. The lowest BCUT2D eigenvalue weighted by molar-refractivity contribution is -0.154. The van der Waals surface area contributed by atoms with Crippen molar-refractivity contribution in [2.24, 2.45) is 0 Å². The van der Waals surface area contributed by atoms with E-state index in [1.165, 1.54) is 0 Å². The summed E-state index contributed by atoms with van der Waals surface area (Å²) in [5.41, 5.74) is 0. The minimum Gasteiger partial charge on any atom is -0.463 e. The number of rotatable bonds is 0. The number of carbonyl (C=O) groups excluding carboxylic acids is 1. The minimum absolute atomic E-state index is 0.0719. The number of cyclic esters (lactones) is 1. The van der Waals surface area contributed by atoms with Crippen molar-refractivity contribution in [2.45, 2.75) is 57.0 Å². The molecule has 2 aliphatic rings. The Morgan fingerprint density at radius 2 is 2.17 bits per heavy atom. The predicted octanol–water partition coefficient (Wildman–Crippen LogP) is 1.73. The summed E-state index contributed by atoms with van der Waals surface area (Å²) >= 11 is 0. The van der Waals surface area contributed by atoms with Crippen LogP contribution in [-0.2, 0) is 14.3 Å². The number of fused-ring (bicyclic) bond motifs is 2. The molecule has 2 bridgehead atoms. The summed E-state index contributed by atoms with van der Waals surface area (Å²) in [5, 5.41) is 9.77. The number of carbonyl (C=O) groups is 1. The maximum Gasteiger partial charge on any atom is 0.308 e. The SMILES string of the molecule is C[C@H]1CCCC=C[C@H]2C=C[C@H](O)[C@H](CC(=O)O1)O2. The Bertz CT molecular complexity index is 348. The fourth-order valence-corrected chi connectivity index (χ4v) is 2.20. The van der Waals surface area contributed by atoms with Crippen LogP contribution in [-0.4, -0.2) is 35.5 Å². The van der Waals surface area contributed by atoms with Gasteiger partial charge in [0.1, 0.15) is 0 Å². The van der Waals surface area contributed by atoms with Crippen molar-refractivity contribution >= 4 is 5.97 Å². The standard InChI is InChI=1S/C14H20O4/c1-10-5-3-2-4-6-11-7-8-12(15)13(18-11)9-14(16)17-10/h4,6-8,10-13,15H,2-3,5,9H2,1H3/t10-,11-,12-,13-/m0/s1. The van der Waals surface area contributed by atoms with Gasteiger partial charge in [-0.2, -0.15) is 0 Å². The van der Waals surface area contributed by atoms with Crippen LogP contribution >= 0.6 is 0 Å². The third-order valence-corrected chi connectivity index (χ3v) is 3.22. The van der Waals surface area contributed by atoms with Crippen LogP contribution in [0.1, 0.15) is 32.6 Å². The smallest absolute Gasteiger partial charge is 0.308 e. The van der Waals surface area contributed by atoms with Gasteiger partial charge in [-0.3, -0.25) is 4.79 Å². The molecular weight excluding hydrogens is 232 g/mol. The van der Waals surface area contributed by atoms with E-state index in [0.717, 1.165) is 19.3 Å². The Hall–Kier alpha value is -1.13. The van der Waals surface area contributed by atoms with Gasteiger partial charge in [-0.15, -0.1) is 0 Å². The van der Waals surface area contributed by atoms with Crippen LogP contribution < -0.4 is 0 Å². The second-order valence-electron chi connectivity index (χ2n) is 4.88. The summed E-state index contributed by atoms with van der Waals surface area (Å²) in [6, 6.07) is 0. The third kappa shape index (κ3) is 3.68. The summed E-state index contributed by atoms with van der Waals surface area (Å²) in [6.45, 7) is 1.90. The zero-order valence-electron chi connectivity index (χ0n) is 10.6. The molecule has 0 amide bonds. The molecule has 0 aromatic carbocycles. The molecule has 2 rings (SSSR count). The van der Waals surface area contributed by atoms with E-state index in [2.05, 4.69) is 6.08 Å². The first-order valence-corrected chi connectivity index (χ1v) is 6.53. The molecule has 4 nitrogen and oxygen atoms in total. The third-order valence-electron chi connectivity index (χ3n) is 3.22. The molecule has 0 saturated carbocycles. The Morgan fingerprint density at radius 1 is 1.33 bits per heavy atom. The van der Waals surface area contributed by atoms with Gasteiger partial charge in [0, 0.05) is 0 Å². The van der Waals surface area contributed by atoms with Gasteiger partial charge in [0.2, 0.25) is 0 Å². The molecule has 0 aliphatic carbocycles. The molecule has 0 radical (unpaired) electrons. The van der Waals surface area contributed by atoms with Crippen molar-refractivity contribution < 1.29 is 19.4 Å². The van der Waals surface area contributed by atoms with E-state index < -0.39 is 12.2 Å². The number of ether oxygens (including phenoxy) is 2. The zero-order valence-corrected chi connectivity index (χ0v) is 10.6. The zero-order chi connectivity index (χ0) is 13.0. The van der Waals surface area contributed by atoms with Gasteiger partial charge in [0.15, 0.2) is 0 Å². The summed E-state index contributed by atoms with van der Waals surface area (Å²) in [5.74, 6) is -0.301. The fourth-order valence-electron chi connectivity index (χ4n) is 2.20. The van der Waals surface area contributed by atoms with Crippen LogP contribution in [0, 0.1) is 0 Å². The highest BCUT2D eigenvalue weighted by Crippen LogP contribution is 2.19. The van der Waals surface area contributed by atoms with Gasteiger partial charge in [-0.05, 0) is 26.2 Å². The van der Waals surface area contributed by atoms with Gasteiger partial charge >= 0.3 is 5.97 Å². The minimum atomic E-state index is -0.736. The van der Waals surface area contributed by atoms with Crippen LogP contribution in [0.15, 0.2) is 24.3 Å². The van der Waals surface area contributed by atoms with E-state index in [1.54, 1.807) is 6.08 Å². The predicted molar refractivity (Wildman–Crippen MR) is 67.0 cm³/mol. The largest absolute Gasteiger partial charge is 0.463 e. The molecule has 100 valence electrons. The topological polar surface area (TPSA) is 55.8 Å². The Morgan fingerprint density at radius 3 is 3.00 bits per heavy atom. The number of hydrogen-bond acceptors (Lipinski definition) is 4. The van der Waals surface area contributed by atoms with Gasteiger partial charge in [-0.25, -0.2) is 0 Å². The molecule has 4 atom stereocenters. The van der Waals surface area contributed by atoms with Crippen molar-refractivity contribution in [3.05, 3.63) is 24.3 Å². The highest BCUT2D eigenvalue weighted by Gasteiger charge is 2.28. The maximum atomic E-state index is 11.7. The number of aliphatic hydroxyl groups excluding tert-OH is 1. The van der Waals surface area contributed by atoms with Crippen LogP contribution in [0.25, 0.3) is 0 Å². The molecule has 0 unspecified atom stereocenters. The molecule has 0 spiro atoms. The Kier molecular flexibility index (Phi) is 4.55. The second-order valence-corrected chi connectivity index (χ2v) is 4.88. The Balaban J connectivity index is 2.08. The summed E-state index contributed by atoms with van der Waals surface area (Å²) < 4.78 is 10.9. The molecule has 0 saturated heterocycles. The van der Waals surface area contributed by atoms with E-state index in [0.29, 0.717) is 0 Å². The molecule has 0 fully saturated rings. The fraction of sp³-hybridized carbons (Fsp3) is 0.643. The monoisotopic (exact) mass is 252 g/mol. The number of aliphatic hydroxyl groups is 1. The van der Waals surface area contributed by atoms with Crippen LogP contribution in [0.5, 0.6) is 0 Å². The molecule has 0 aromatic heterocycles. The average molecular weight is 252 g/mol. The van der Waals surface area contributed by atoms with Crippen LogP contribution in [0.4, 0.5) is 0 Å². The lowest BCUT2D eigenvalue weighted by Gasteiger charge is -2.28. The summed E-state index contributed by atoms with van der Waals surface area (Å²) in [6.07, 6.45) is 9.00. The maximum absolute atomic E-state index is 11.7. The molecule has 2 aliphatic heterocycles. The van der Waals surface area contributed by atoms with E-state index in [-0.39, 0.29) is 24.6 Å². The number of allylic oxidation sites excluding steroid dienone is 1. The van der Waals surface area contributed by atoms with Crippen molar-refractivity contribution in [1.82, 2.24) is 0 Å². The molecule has 1 N–H and O–H groups in total. The lowest BCUT2D eigenvalue weighted by Crippen LogP contribution is -2.37. The van der Waals surface area contributed by atoms with Crippen LogP contribution in [0.2, 0.25) is 0 Å². The van der Waals surface area contributed by atoms with Crippen LogP contribution in [0.3, 0.4) is 0 Å². The van der Waals surface area contributed by atoms with Crippen molar-refractivity contribution in [1.29, 1.82) is 0 Å². The summed E-state index contributed by atoms with van der Waals surface area (Å²) in [7, 11) is 0. The van der Waals surface area contributed by atoms with E-state index >= 15 is 0 Å².